The van der Waals surface area contributed by atoms with Gasteiger partial charge in [0, 0.05) is 17.1 Å². The van der Waals surface area contributed by atoms with E-state index in [4.69, 9.17) is 0 Å². The number of nitro benzene ring substituents is 1. The summed E-state index contributed by atoms with van der Waals surface area (Å²) in [6.45, 7) is 0.410. The first-order valence-corrected chi connectivity index (χ1v) is 7.77. The van der Waals surface area contributed by atoms with Gasteiger partial charge < -0.3 is 10.2 Å². The number of nitro groups is 1. The maximum atomic E-state index is 13.4. The van der Waals surface area contributed by atoms with Crippen molar-refractivity contribution in [2.24, 2.45) is 0 Å². The molecular weight excluding hydrogens is 365 g/mol. The van der Waals surface area contributed by atoms with Gasteiger partial charge in [0.15, 0.2) is 0 Å². The monoisotopic (exact) mass is 381 g/mol. The van der Waals surface area contributed by atoms with Crippen LogP contribution in [0.4, 0.5) is 15.8 Å². The second-order valence-corrected chi connectivity index (χ2v) is 6.25. The summed E-state index contributed by atoms with van der Waals surface area (Å²) in [5.41, 5.74) is 1.23. The molecule has 0 aliphatic carbocycles. The van der Waals surface area contributed by atoms with Crippen LogP contribution in [-0.2, 0) is 0 Å². The topological polar surface area (TPSA) is 58.4 Å². The number of hydrogen-bond acceptors (Lipinski definition) is 4. The van der Waals surface area contributed by atoms with Gasteiger partial charge in [-0.15, -0.1) is 0 Å². The molecule has 0 aromatic heterocycles. The van der Waals surface area contributed by atoms with E-state index in [1.165, 1.54) is 18.2 Å². The molecule has 0 aliphatic heterocycles. The zero-order valence-corrected chi connectivity index (χ0v) is 14.4. The summed E-state index contributed by atoms with van der Waals surface area (Å²) in [6, 6.07) is 11.0. The summed E-state index contributed by atoms with van der Waals surface area (Å²) in [6.07, 6.45) is 0. The maximum absolute atomic E-state index is 13.4. The van der Waals surface area contributed by atoms with Crippen molar-refractivity contribution in [2.45, 2.75) is 6.04 Å². The first kappa shape index (κ1) is 17.4. The summed E-state index contributed by atoms with van der Waals surface area (Å²) < 4.78 is 14.2. The highest BCUT2D eigenvalue weighted by Gasteiger charge is 2.18. The molecule has 0 unspecified atom stereocenters. The van der Waals surface area contributed by atoms with Crippen LogP contribution in [0, 0.1) is 15.9 Å². The Balaban J connectivity index is 2.23. The van der Waals surface area contributed by atoms with Crippen LogP contribution >= 0.6 is 15.9 Å². The Labute approximate surface area is 142 Å². The fourth-order valence-electron chi connectivity index (χ4n) is 2.33. The third kappa shape index (κ3) is 4.49. The fraction of sp³-hybridized carbons (Fsp3) is 0.250. The van der Waals surface area contributed by atoms with Gasteiger partial charge in [-0.1, -0.05) is 28.1 Å². The quantitative estimate of drug-likeness (QED) is 0.601. The standard InChI is InChI=1S/C16H17BrFN3O2/c1-20(2)16(11-4-3-5-13(18)8-11)10-19-14-9-12(17)6-7-15(14)21(22)23/h3-9,16,19H,10H2,1-2H3/t16-/m0/s1. The molecule has 7 heteroatoms. The van der Waals surface area contributed by atoms with Crippen molar-refractivity contribution in [3.8, 4) is 0 Å². The molecule has 23 heavy (non-hydrogen) atoms. The van der Waals surface area contributed by atoms with E-state index >= 15 is 0 Å². The van der Waals surface area contributed by atoms with Crippen molar-refractivity contribution < 1.29 is 9.31 Å². The van der Waals surface area contributed by atoms with Crippen LogP contribution in [0.1, 0.15) is 11.6 Å². The molecule has 1 N–H and O–H groups in total. The fourth-order valence-corrected chi connectivity index (χ4v) is 2.69. The summed E-state index contributed by atoms with van der Waals surface area (Å²) in [5, 5.41) is 14.2. The van der Waals surface area contributed by atoms with Crippen LogP contribution in [0.2, 0.25) is 0 Å². The summed E-state index contributed by atoms with van der Waals surface area (Å²) in [5.74, 6) is -0.303. The first-order chi connectivity index (χ1) is 10.9. The van der Waals surface area contributed by atoms with Crippen LogP contribution in [0.3, 0.4) is 0 Å². The Morgan fingerprint density at radius 1 is 1.30 bits per heavy atom. The molecule has 0 saturated carbocycles. The Bertz CT molecular complexity index is 709. The van der Waals surface area contributed by atoms with Gasteiger partial charge in [-0.05, 0) is 43.9 Å². The molecule has 2 aromatic carbocycles. The lowest BCUT2D eigenvalue weighted by atomic mass is 10.1. The number of anilines is 1. The molecule has 2 rings (SSSR count). The SMILES string of the molecule is CN(C)[C@@H](CNc1cc(Br)ccc1[N+](=O)[O-])c1cccc(F)c1. The molecule has 0 fully saturated rings. The Morgan fingerprint density at radius 2 is 2.04 bits per heavy atom. The molecule has 0 radical (unpaired) electrons. The summed E-state index contributed by atoms with van der Waals surface area (Å²) in [7, 11) is 3.76. The summed E-state index contributed by atoms with van der Waals surface area (Å²) in [4.78, 5) is 12.6. The van der Waals surface area contributed by atoms with Gasteiger partial charge in [0.25, 0.3) is 5.69 Å². The average molecular weight is 382 g/mol. The van der Waals surface area contributed by atoms with Crippen LogP contribution in [0.25, 0.3) is 0 Å². The number of likely N-dealkylation sites (N-methyl/N-ethyl adjacent to an activating group) is 1. The number of benzene rings is 2. The number of rotatable bonds is 6. The Morgan fingerprint density at radius 3 is 2.65 bits per heavy atom. The molecule has 0 spiro atoms. The molecule has 0 amide bonds. The van der Waals surface area contributed by atoms with Crippen LogP contribution in [-0.4, -0.2) is 30.5 Å². The highest BCUT2D eigenvalue weighted by atomic mass is 79.9. The molecule has 1 atom stereocenters. The Kier molecular flexibility index (Phi) is 5.68. The van der Waals surface area contributed by atoms with Crippen molar-refractivity contribution in [3.63, 3.8) is 0 Å². The molecule has 0 heterocycles. The highest BCUT2D eigenvalue weighted by Crippen LogP contribution is 2.29. The molecule has 0 aliphatic rings. The van der Waals surface area contributed by atoms with Gasteiger partial charge in [-0.3, -0.25) is 10.1 Å². The molecule has 0 saturated heterocycles. The van der Waals surface area contributed by atoms with E-state index in [2.05, 4.69) is 21.2 Å². The Hall–Kier alpha value is -1.99. The minimum absolute atomic E-state index is 0.00458. The van der Waals surface area contributed by atoms with Crippen molar-refractivity contribution in [2.75, 3.05) is 26.0 Å². The van der Waals surface area contributed by atoms with Gasteiger partial charge >= 0.3 is 0 Å². The highest BCUT2D eigenvalue weighted by molar-refractivity contribution is 9.10. The zero-order chi connectivity index (χ0) is 17.0. The second kappa shape index (κ2) is 7.52. The minimum atomic E-state index is -0.429. The molecule has 0 bridgehead atoms. The van der Waals surface area contributed by atoms with Gasteiger partial charge in [-0.25, -0.2) is 4.39 Å². The normalized spacial score (nSPS) is 12.2. The van der Waals surface area contributed by atoms with E-state index in [-0.39, 0.29) is 17.5 Å². The number of halogens is 2. The second-order valence-electron chi connectivity index (χ2n) is 5.33. The van der Waals surface area contributed by atoms with Crippen molar-refractivity contribution in [3.05, 3.63) is 68.4 Å². The lowest BCUT2D eigenvalue weighted by Crippen LogP contribution is -2.27. The van der Waals surface area contributed by atoms with E-state index < -0.39 is 4.92 Å². The first-order valence-electron chi connectivity index (χ1n) is 6.98. The van der Waals surface area contributed by atoms with E-state index in [1.807, 2.05) is 25.1 Å². The van der Waals surface area contributed by atoms with Crippen molar-refractivity contribution in [1.29, 1.82) is 0 Å². The molecule has 2 aromatic rings. The molecule has 5 nitrogen and oxygen atoms in total. The number of nitrogens with one attached hydrogen (secondary N) is 1. The molecule has 122 valence electrons. The number of nitrogens with zero attached hydrogens (tertiary/aromatic N) is 2. The third-order valence-electron chi connectivity index (χ3n) is 3.50. The van der Waals surface area contributed by atoms with Crippen LogP contribution < -0.4 is 5.32 Å². The minimum Gasteiger partial charge on any atom is -0.378 e. The average Bonchev–Trinajstić information content (AvgIpc) is 2.47. The van der Waals surface area contributed by atoms with Gasteiger partial charge in [0.2, 0.25) is 0 Å². The van der Waals surface area contributed by atoms with Gasteiger partial charge in [0.05, 0.1) is 11.0 Å². The van der Waals surface area contributed by atoms with E-state index in [0.717, 1.165) is 10.0 Å². The van der Waals surface area contributed by atoms with Gasteiger partial charge in [0.1, 0.15) is 11.5 Å². The third-order valence-corrected chi connectivity index (χ3v) is 3.99. The van der Waals surface area contributed by atoms with E-state index in [0.29, 0.717) is 12.2 Å². The molecular formula is C16H17BrFN3O2. The maximum Gasteiger partial charge on any atom is 0.292 e. The van der Waals surface area contributed by atoms with E-state index in [1.54, 1.807) is 18.2 Å². The number of hydrogen-bond donors (Lipinski definition) is 1. The van der Waals surface area contributed by atoms with Crippen LogP contribution in [0.5, 0.6) is 0 Å². The predicted octanol–water partition coefficient (Wildman–Crippen LogP) is 4.21. The lowest BCUT2D eigenvalue weighted by Gasteiger charge is -2.25. The zero-order valence-electron chi connectivity index (χ0n) is 12.8. The lowest BCUT2D eigenvalue weighted by molar-refractivity contribution is -0.384. The van der Waals surface area contributed by atoms with Crippen molar-refractivity contribution >= 4 is 27.3 Å². The van der Waals surface area contributed by atoms with Gasteiger partial charge in [-0.2, -0.15) is 0 Å². The van der Waals surface area contributed by atoms with Crippen molar-refractivity contribution in [1.82, 2.24) is 4.90 Å². The predicted molar refractivity (Wildman–Crippen MR) is 92.1 cm³/mol. The largest absolute Gasteiger partial charge is 0.378 e. The van der Waals surface area contributed by atoms with Crippen LogP contribution in [0.15, 0.2) is 46.9 Å². The summed E-state index contributed by atoms with van der Waals surface area (Å²) >= 11 is 3.31. The smallest absolute Gasteiger partial charge is 0.292 e. The van der Waals surface area contributed by atoms with E-state index in [9.17, 15) is 14.5 Å².